The van der Waals surface area contributed by atoms with Crippen molar-refractivity contribution in [2.24, 2.45) is 0 Å². The van der Waals surface area contributed by atoms with Crippen LogP contribution in [0.2, 0.25) is 5.02 Å². The van der Waals surface area contributed by atoms with Crippen molar-refractivity contribution in [2.45, 2.75) is 38.0 Å². The highest BCUT2D eigenvalue weighted by Gasteiger charge is 2.26. The molecule has 0 saturated carbocycles. The summed E-state index contributed by atoms with van der Waals surface area (Å²) in [6, 6.07) is 6.01. The Morgan fingerprint density at radius 1 is 1.22 bits per heavy atom. The van der Waals surface area contributed by atoms with Crippen molar-refractivity contribution in [3.8, 4) is 5.75 Å². The summed E-state index contributed by atoms with van der Waals surface area (Å²) in [6.07, 6.45) is 0. The lowest BCUT2D eigenvalue weighted by atomic mass is 10.1. The lowest BCUT2D eigenvalue weighted by Crippen LogP contribution is -2.40. The molecule has 27 heavy (non-hydrogen) atoms. The van der Waals surface area contributed by atoms with Gasteiger partial charge in [-0.25, -0.2) is 13.1 Å². The molecule has 0 atom stereocenters. The molecule has 0 radical (unpaired) electrons. The minimum Gasteiger partial charge on any atom is -0.438 e. The Morgan fingerprint density at radius 2 is 1.89 bits per heavy atom. The van der Waals surface area contributed by atoms with E-state index in [0.29, 0.717) is 0 Å². The number of hydrogen-bond donors (Lipinski definition) is 2. The summed E-state index contributed by atoms with van der Waals surface area (Å²) >= 11 is 5.81. The topological polar surface area (TPSA) is 97.6 Å². The molecule has 1 aromatic heterocycles. The molecule has 0 aliphatic carbocycles. The van der Waals surface area contributed by atoms with Crippen LogP contribution in [0.25, 0.3) is 0 Å². The number of amides is 1. The molecule has 0 bridgehead atoms. The van der Waals surface area contributed by atoms with Gasteiger partial charge in [-0.05, 0) is 51.1 Å². The predicted molar refractivity (Wildman–Crippen MR) is 94.8 cm³/mol. The fourth-order valence-corrected chi connectivity index (χ4v) is 3.58. The minimum atomic E-state index is -3.93. The van der Waals surface area contributed by atoms with Gasteiger partial charge in [-0.2, -0.15) is 8.78 Å². The molecule has 2 N–H and O–H groups in total. The number of furan rings is 1. The quantitative estimate of drug-likeness (QED) is 0.736. The van der Waals surface area contributed by atoms with Gasteiger partial charge >= 0.3 is 6.61 Å². The first-order chi connectivity index (χ1) is 12.4. The van der Waals surface area contributed by atoms with Gasteiger partial charge < -0.3 is 14.5 Å². The molecule has 0 aliphatic rings. The number of ether oxygens (including phenoxy) is 1. The smallest absolute Gasteiger partial charge is 0.387 e. The summed E-state index contributed by atoms with van der Waals surface area (Å²) in [4.78, 5) is 12.2. The fourth-order valence-electron chi connectivity index (χ4n) is 2.00. The number of alkyl halides is 2. The lowest BCUT2D eigenvalue weighted by Gasteiger charge is -2.18. The maximum atomic E-state index is 12.2. The molecule has 148 valence electrons. The first kappa shape index (κ1) is 21.1. The Morgan fingerprint density at radius 3 is 2.44 bits per heavy atom. The highest BCUT2D eigenvalue weighted by molar-refractivity contribution is 7.89. The van der Waals surface area contributed by atoms with Crippen molar-refractivity contribution in [1.29, 1.82) is 0 Å². The molecule has 1 aromatic carbocycles. The van der Waals surface area contributed by atoms with Gasteiger partial charge in [0.05, 0.1) is 5.02 Å². The van der Waals surface area contributed by atoms with Crippen molar-refractivity contribution in [2.75, 3.05) is 5.32 Å². The number of benzene rings is 1. The predicted octanol–water partition coefficient (Wildman–Crippen LogP) is 3.86. The Bertz CT molecular complexity index is 939. The number of sulfonamides is 1. The number of hydrogen-bond acceptors (Lipinski definition) is 5. The molecular formula is C16H17ClF2N2O5S. The second-order valence-corrected chi connectivity index (χ2v) is 8.47. The molecule has 1 amide bonds. The van der Waals surface area contributed by atoms with Crippen LogP contribution in [-0.4, -0.2) is 26.5 Å². The third-order valence-corrected chi connectivity index (χ3v) is 4.84. The zero-order chi connectivity index (χ0) is 20.4. The van der Waals surface area contributed by atoms with Crippen LogP contribution in [0, 0.1) is 0 Å². The molecule has 0 fully saturated rings. The van der Waals surface area contributed by atoms with Gasteiger partial charge in [0.2, 0.25) is 5.09 Å². The molecule has 0 unspecified atom stereocenters. The number of rotatable bonds is 6. The average Bonchev–Trinajstić information content (AvgIpc) is 2.98. The largest absolute Gasteiger partial charge is 0.438 e. The van der Waals surface area contributed by atoms with Crippen LogP contribution in [-0.2, 0) is 10.0 Å². The normalized spacial score (nSPS) is 12.3. The minimum absolute atomic E-state index is 0.134. The Hall–Kier alpha value is -2.17. The number of nitrogens with one attached hydrogen (secondary N) is 2. The summed E-state index contributed by atoms with van der Waals surface area (Å²) in [5, 5.41) is 1.87. The molecule has 11 heteroatoms. The third-order valence-electron chi connectivity index (χ3n) is 2.92. The first-order valence-electron chi connectivity index (χ1n) is 7.57. The Balaban J connectivity index is 2.14. The van der Waals surface area contributed by atoms with Gasteiger partial charge in [0.15, 0.2) is 5.76 Å². The van der Waals surface area contributed by atoms with Crippen LogP contribution in [0.1, 0.15) is 31.3 Å². The van der Waals surface area contributed by atoms with E-state index in [1.54, 1.807) is 20.8 Å². The van der Waals surface area contributed by atoms with Crippen molar-refractivity contribution in [3.63, 3.8) is 0 Å². The molecule has 0 aliphatic heterocycles. The van der Waals surface area contributed by atoms with E-state index in [9.17, 15) is 22.0 Å². The van der Waals surface area contributed by atoms with Crippen LogP contribution < -0.4 is 14.8 Å². The van der Waals surface area contributed by atoms with E-state index < -0.39 is 33.2 Å². The molecule has 0 spiro atoms. The van der Waals surface area contributed by atoms with Gasteiger partial charge in [-0.1, -0.05) is 11.6 Å². The van der Waals surface area contributed by atoms with Crippen LogP contribution in [0.5, 0.6) is 5.75 Å². The van der Waals surface area contributed by atoms with Gasteiger partial charge in [0.1, 0.15) is 5.75 Å². The van der Waals surface area contributed by atoms with Gasteiger partial charge in [0, 0.05) is 11.2 Å². The highest BCUT2D eigenvalue weighted by atomic mass is 35.5. The monoisotopic (exact) mass is 422 g/mol. The molecule has 2 rings (SSSR count). The second kappa shape index (κ2) is 7.83. The van der Waals surface area contributed by atoms with Crippen LogP contribution >= 0.6 is 11.6 Å². The van der Waals surface area contributed by atoms with Gasteiger partial charge in [-0.15, -0.1) is 0 Å². The van der Waals surface area contributed by atoms with E-state index in [4.69, 9.17) is 16.0 Å². The van der Waals surface area contributed by atoms with Crippen LogP contribution in [0.3, 0.4) is 0 Å². The zero-order valence-corrected chi connectivity index (χ0v) is 16.1. The van der Waals surface area contributed by atoms with Crippen LogP contribution in [0.15, 0.2) is 39.8 Å². The first-order valence-corrected chi connectivity index (χ1v) is 9.43. The van der Waals surface area contributed by atoms with Crippen molar-refractivity contribution in [3.05, 3.63) is 41.1 Å². The average molecular weight is 423 g/mol. The number of carbonyl (C=O) groups excluding carboxylic acids is 1. The van der Waals surface area contributed by atoms with Gasteiger partial charge in [0.25, 0.3) is 15.9 Å². The second-order valence-electron chi connectivity index (χ2n) is 6.45. The van der Waals surface area contributed by atoms with E-state index >= 15 is 0 Å². The maximum Gasteiger partial charge on any atom is 0.387 e. The highest BCUT2D eigenvalue weighted by Crippen LogP contribution is 2.29. The van der Waals surface area contributed by atoms with Gasteiger partial charge in [-0.3, -0.25) is 4.79 Å². The molecule has 1 heterocycles. The van der Waals surface area contributed by atoms with E-state index in [1.165, 1.54) is 18.2 Å². The maximum absolute atomic E-state index is 12.2. The zero-order valence-electron chi connectivity index (χ0n) is 14.5. The van der Waals surface area contributed by atoms with Crippen molar-refractivity contribution in [1.82, 2.24) is 4.72 Å². The molecule has 0 saturated heterocycles. The number of halogens is 3. The molecular weight excluding hydrogens is 406 g/mol. The van der Waals surface area contributed by atoms with Crippen LogP contribution in [0.4, 0.5) is 14.5 Å². The summed E-state index contributed by atoms with van der Waals surface area (Å²) < 4.78 is 60.5. The SMILES string of the molecule is CC(C)(C)NS(=O)(=O)c1ccc(C(=O)Nc2ccc(OC(F)F)c(Cl)c2)o1. The van der Waals surface area contributed by atoms with E-state index in [1.807, 2.05) is 0 Å². The Labute approximate surface area is 159 Å². The summed E-state index contributed by atoms with van der Waals surface area (Å²) in [7, 11) is -3.93. The molecule has 2 aromatic rings. The number of anilines is 1. The number of carbonyl (C=O) groups is 1. The van der Waals surface area contributed by atoms with Crippen molar-refractivity contribution >= 4 is 33.2 Å². The fraction of sp³-hybridized carbons (Fsp3) is 0.312. The lowest BCUT2D eigenvalue weighted by molar-refractivity contribution is -0.0497. The summed E-state index contributed by atoms with van der Waals surface area (Å²) in [6.45, 7) is 1.94. The standard InChI is InChI=1S/C16H17ClF2N2O5S/c1-16(2,3)21-27(23,24)13-7-6-12(25-13)14(22)20-9-4-5-11(10(17)8-9)26-15(18)19/h4-8,15,21H,1-3H3,(H,20,22). The van der Waals surface area contributed by atoms with E-state index in [2.05, 4.69) is 14.8 Å². The van der Waals surface area contributed by atoms with E-state index in [-0.39, 0.29) is 22.2 Å². The van der Waals surface area contributed by atoms with E-state index in [0.717, 1.165) is 12.1 Å². The van der Waals surface area contributed by atoms with Crippen molar-refractivity contribution < 1.29 is 31.1 Å². The summed E-state index contributed by atoms with van der Waals surface area (Å²) in [5.41, 5.74) is -0.549. The molecule has 7 nitrogen and oxygen atoms in total. The Kier molecular flexibility index (Phi) is 6.13. The third kappa shape index (κ3) is 5.91. The summed E-state index contributed by atoms with van der Waals surface area (Å²) in [5.74, 6) is -1.25.